The molecule has 4 nitrogen and oxygen atoms in total. The lowest BCUT2D eigenvalue weighted by Crippen LogP contribution is -2.45. The lowest BCUT2D eigenvalue weighted by Gasteiger charge is -2.32. The third-order valence-electron chi connectivity index (χ3n) is 4.38. The van der Waals surface area contributed by atoms with Gasteiger partial charge < -0.3 is 9.80 Å². The average Bonchev–Trinajstić information content (AvgIpc) is 3.03. The Morgan fingerprint density at radius 2 is 1.87 bits per heavy atom. The van der Waals surface area contributed by atoms with Crippen molar-refractivity contribution in [2.24, 2.45) is 0 Å². The van der Waals surface area contributed by atoms with Gasteiger partial charge in [-0.05, 0) is 14.0 Å². The zero-order chi connectivity index (χ0) is 16.2. The molecule has 122 valence electrons. The van der Waals surface area contributed by atoms with Crippen molar-refractivity contribution < 1.29 is 4.79 Å². The minimum absolute atomic E-state index is 0.0997. The number of nitrogens with zero attached hydrogens (tertiary/aromatic N) is 3. The van der Waals surface area contributed by atoms with Crippen LogP contribution in [-0.2, 0) is 6.42 Å². The number of rotatable bonds is 5. The van der Waals surface area contributed by atoms with Crippen molar-refractivity contribution >= 4 is 17.1 Å². The van der Waals surface area contributed by atoms with Gasteiger partial charge in [0.25, 0.3) is 0 Å². The van der Waals surface area contributed by atoms with Crippen molar-refractivity contribution in [3.63, 3.8) is 0 Å². The molecule has 1 aromatic carbocycles. The second-order valence-corrected chi connectivity index (χ2v) is 7.10. The summed E-state index contributed by atoms with van der Waals surface area (Å²) in [5.74, 6) is 0.0997. The summed E-state index contributed by atoms with van der Waals surface area (Å²) in [5, 5.41) is 3.30. The van der Waals surface area contributed by atoms with Crippen LogP contribution in [0.1, 0.15) is 22.3 Å². The number of hydrogen-bond donors (Lipinski definition) is 0. The summed E-state index contributed by atoms with van der Waals surface area (Å²) in [6, 6.07) is 7.72. The quantitative estimate of drug-likeness (QED) is 0.791. The first-order valence-corrected chi connectivity index (χ1v) is 8.96. The van der Waals surface area contributed by atoms with E-state index in [0.29, 0.717) is 0 Å². The summed E-state index contributed by atoms with van der Waals surface area (Å²) in [5.41, 5.74) is 2.84. The number of aromatic nitrogens is 1. The van der Waals surface area contributed by atoms with Crippen LogP contribution in [0.15, 0.2) is 29.6 Å². The minimum atomic E-state index is 0.0997. The van der Waals surface area contributed by atoms with Gasteiger partial charge in [0.15, 0.2) is 5.78 Å². The Morgan fingerprint density at radius 3 is 2.52 bits per heavy atom. The molecule has 1 saturated heterocycles. The van der Waals surface area contributed by atoms with Crippen molar-refractivity contribution in [3.8, 4) is 11.3 Å². The predicted molar refractivity (Wildman–Crippen MR) is 95.2 cm³/mol. The van der Waals surface area contributed by atoms with Gasteiger partial charge in [0.2, 0.25) is 0 Å². The van der Waals surface area contributed by atoms with Crippen molar-refractivity contribution in [2.75, 3.05) is 39.8 Å². The van der Waals surface area contributed by atoms with Gasteiger partial charge in [-0.25, -0.2) is 4.98 Å². The fourth-order valence-electron chi connectivity index (χ4n) is 2.76. The van der Waals surface area contributed by atoms with Gasteiger partial charge in [-0.3, -0.25) is 4.79 Å². The molecular weight excluding hydrogens is 306 g/mol. The molecule has 0 spiro atoms. The van der Waals surface area contributed by atoms with Crippen LogP contribution in [0.5, 0.6) is 0 Å². The van der Waals surface area contributed by atoms with Gasteiger partial charge in [0.1, 0.15) is 0 Å². The molecule has 3 rings (SSSR count). The molecule has 1 fully saturated rings. The van der Waals surface area contributed by atoms with Crippen molar-refractivity contribution in [2.45, 2.75) is 13.3 Å². The SMILES string of the molecule is CC(=O)c1ccc(-c2csc(CCN3CCN(C)CC3)n2)cc1. The van der Waals surface area contributed by atoms with Crippen molar-refractivity contribution in [3.05, 3.63) is 40.2 Å². The van der Waals surface area contributed by atoms with Gasteiger partial charge in [-0.2, -0.15) is 0 Å². The third kappa shape index (κ3) is 4.25. The first-order valence-electron chi connectivity index (χ1n) is 8.08. The first kappa shape index (κ1) is 16.3. The van der Waals surface area contributed by atoms with Crippen LogP contribution < -0.4 is 0 Å². The van der Waals surface area contributed by atoms with Crippen LogP contribution in [0.3, 0.4) is 0 Å². The topological polar surface area (TPSA) is 36.4 Å². The number of likely N-dealkylation sites (N-methyl/N-ethyl adjacent to an activating group) is 1. The highest BCUT2D eigenvalue weighted by molar-refractivity contribution is 7.09. The van der Waals surface area contributed by atoms with Crippen molar-refractivity contribution in [1.82, 2.24) is 14.8 Å². The summed E-state index contributed by atoms with van der Waals surface area (Å²) in [6.45, 7) is 7.30. The Kier molecular flexibility index (Phi) is 5.20. The molecule has 0 N–H and O–H groups in total. The number of benzene rings is 1. The van der Waals surface area contributed by atoms with Crippen molar-refractivity contribution in [1.29, 1.82) is 0 Å². The first-order chi connectivity index (χ1) is 11.1. The summed E-state index contributed by atoms with van der Waals surface area (Å²) in [7, 11) is 2.18. The Bertz CT molecular complexity index is 657. The van der Waals surface area contributed by atoms with Crippen LogP contribution in [0, 0.1) is 0 Å². The molecule has 0 amide bonds. The fraction of sp³-hybridized carbons (Fsp3) is 0.444. The molecule has 0 atom stereocenters. The highest BCUT2D eigenvalue weighted by Crippen LogP contribution is 2.23. The van der Waals surface area contributed by atoms with Crippen LogP contribution in [0.4, 0.5) is 0 Å². The van der Waals surface area contributed by atoms with Crippen LogP contribution in [0.2, 0.25) is 0 Å². The van der Waals surface area contributed by atoms with E-state index in [4.69, 9.17) is 4.98 Å². The van der Waals surface area contributed by atoms with E-state index in [0.717, 1.165) is 56.0 Å². The van der Waals surface area contributed by atoms with Crippen LogP contribution >= 0.6 is 11.3 Å². The molecule has 5 heteroatoms. The largest absolute Gasteiger partial charge is 0.304 e. The molecule has 1 aromatic heterocycles. The van der Waals surface area contributed by atoms with Gasteiger partial charge in [-0.1, -0.05) is 24.3 Å². The molecule has 1 aliphatic rings. The van der Waals surface area contributed by atoms with Gasteiger partial charge >= 0.3 is 0 Å². The second-order valence-electron chi connectivity index (χ2n) is 6.15. The molecule has 0 radical (unpaired) electrons. The summed E-state index contributed by atoms with van der Waals surface area (Å²) in [6.07, 6.45) is 1.01. The van der Waals surface area contributed by atoms with Gasteiger partial charge in [0, 0.05) is 55.7 Å². The van der Waals surface area contributed by atoms with E-state index < -0.39 is 0 Å². The fourth-order valence-corrected chi connectivity index (χ4v) is 3.56. The molecule has 2 heterocycles. The van der Waals surface area contributed by atoms with E-state index >= 15 is 0 Å². The van der Waals surface area contributed by atoms with E-state index in [1.165, 1.54) is 5.01 Å². The summed E-state index contributed by atoms with van der Waals surface area (Å²) < 4.78 is 0. The number of thiazole rings is 1. The molecule has 0 saturated carbocycles. The maximum Gasteiger partial charge on any atom is 0.159 e. The average molecular weight is 329 g/mol. The normalized spacial score (nSPS) is 16.6. The van der Waals surface area contributed by atoms with E-state index in [1.807, 2.05) is 24.3 Å². The number of carbonyl (C=O) groups excluding carboxylic acids is 1. The Balaban J connectivity index is 1.58. The highest BCUT2D eigenvalue weighted by Gasteiger charge is 2.14. The number of ketones is 1. The Morgan fingerprint density at radius 1 is 1.17 bits per heavy atom. The predicted octanol–water partition coefficient (Wildman–Crippen LogP) is 2.80. The number of Topliss-reactive ketones (excluding diaryl/α,β-unsaturated/α-hetero) is 1. The van der Waals surface area contributed by atoms with E-state index in [9.17, 15) is 4.79 Å². The molecule has 2 aromatic rings. The summed E-state index contributed by atoms with van der Waals surface area (Å²) in [4.78, 5) is 21.0. The maximum atomic E-state index is 11.3. The monoisotopic (exact) mass is 329 g/mol. The third-order valence-corrected chi connectivity index (χ3v) is 5.29. The molecule has 1 aliphatic heterocycles. The minimum Gasteiger partial charge on any atom is -0.304 e. The molecule has 0 bridgehead atoms. The summed E-state index contributed by atoms with van der Waals surface area (Å²) >= 11 is 1.73. The second kappa shape index (κ2) is 7.34. The molecule has 23 heavy (non-hydrogen) atoms. The van der Waals surface area contributed by atoms with E-state index in [2.05, 4.69) is 22.2 Å². The van der Waals surface area contributed by atoms with Gasteiger partial charge in [0.05, 0.1) is 10.7 Å². The van der Waals surface area contributed by atoms with E-state index in [-0.39, 0.29) is 5.78 Å². The van der Waals surface area contributed by atoms with Crippen LogP contribution in [-0.4, -0.2) is 60.3 Å². The number of hydrogen-bond acceptors (Lipinski definition) is 5. The lowest BCUT2D eigenvalue weighted by atomic mass is 10.1. The van der Waals surface area contributed by atoms with Crippen LogP contribution in [0.25, 0.3) is 11.3 Å². The molecular formula is C18H23N3OS. The lowest BCUT2D eigenvalue weighted by molar-refractivity contribution is 0.101. The van der Waals surface area contributed by atoms with Gasteiger partial charge in [-0.15, -0.1) is 11.3 Å². The Labute approximate surface area is 141 Å². The molecule has 0 aliphatic carbocycles. The Hall–Kier alpha value is -1.56. The zero-order valence-corrected chi connectivity index (χ0v) is 14.6. The standard InChI is InChI=1S/C18H23N3OS/c1-14(22)15-3-5-16(6-4-15)17-13-23-18(19-17)7-8-21-11-9-20(2)10-12-21/h3-6,13H,7-12H2,1-2H3. The van der Waals surface area contributed by atoms with E-state index in [1.54, 1.807) is 18.3 Å². The number of piperazine rings is 1. The smallest absolute Gasteiger partial charge is 0.159 e. The highest BCUT2D eigenvalue weighted by atomic mass is 32.1. The number of carbonyl (C=O) groups is 1. The maximum absolute atomic E-state index is 11.3. The molecule has 0 unspecified atom stereocenters. The zero-order valence-electron chi connectivity index (χ0n) is 13.8.